The first kappa shape index (κ1) is 24.5. The quantitative estimate of drug-likeness (QED) is 0.431. The lowest BCUT2D eigenvalue weighted by atomic mass is 9.71. The Bertz CT molecular complexity index is 1380. The Morgan fingerprint density at radius 1 is 0.946 bits per heavy atom. The van der Waals surface area contributed by atoms with E-state index in [4.69, 9.17) is 14.5 Å². The van der Waals surface area contributed by atoms with Crippen LogP contribution in [0.3, 0.4) is 0 Å². The second-order valence-electron chi connectivity index (χ2n) is 9.35. The number of methoxy groups -OCH3 is 1. The zero-order valence-corrected chi connectivity index (χ0v) is 21.1. The largest absolute Gasteiger partial charge is 0.495 e. The molecule has 2 atom stereocenters. The smallest absolute Gasteiger partial charge is 0.234 e. The molecule has 3 aromatic rings. The van der Waals surface area contributed by atoms with Gasteiger partial charge in [0.15, 0.2) is 5.78 Å². The van der Waals surface area contributed by atoms with Gasteiger partial charge in [-0.3, -0.25) is 14.6 Å². The number of Topliss-reactive ketones (excluding diaryl/α,β-unsaturated/α-hetero) is 1. The van der Waals surface area contributed by atoms with Gasteiger partial charge < -0.3 is 14.8 Å². The standard InChI is InChI=1S/C31H30N2O4/c1-20-28(31(35)33-23-14-7-9-18-27(23)36-2)29(30-24(32-20)15-10-16-25(30)34)22-13-6-8-17-26(22)37-19-21-11-4-3-5-12-21/h3-9,11-14,17-18,28-29H,10,15-16,19H2,1-2H3,(H,33,35)/t28?,29-/m1/s1. The molecule has 0 bridgehead atoms. The van der Waals surface area contributed by atoms with Crippen molar-refractivity contribution in [3.05, 3.63) is 101 Å². The molecule has 2 aliphatic rings. The van der Waals surface area contributed by atoms with E-state index in [1.807, 2.05) is 73.7 Å². The number of benzene rings is 3. The number of nitrogens with one attached hydrogen (secondary N) is 1. The summed E-state index contributed by atoms with van der Waals surface area (Å²) in [5, 5.41) is 3.03. The highest BCUT2D eigenvalue weighted by Gasteiger charge is 2.43. The molecule has 3 aromatic carbocycles. The molecule has 0 fully saturated rings. The van der Waals surface area contributed by atoms with E-state index in [9.17, 15) is 9.59 Å². The number of amides is 1. The lowest BCUT2D eigenvalue weighted by Gasteiger charge is -2.35. The van der Waals surface area contributed by atoms with Crippen LogP contribution >= 0.6 is 0 Å². The number of allylic oxidation sites excluding steroid dienone is 2. The summed E-state index contributed by atoms with van der Waals surface area (Å²) in [5.74, 6) is -0.132. The molecule has 37 heavy (non-hydrogen) atoms. The summed E-state index contributed by atoms with van der Waals surface area (Å²) in [6.07, 6.45) is 1.95. The van der Waals surface area contributed by atoms with E-state index in [2.05, 4.69) is 5.32 Å². The normalized spacial score (nSPS) is 19.1. The molecule has 1 aliphatic carbocycles. The van der Waals surface area contributed by atoms with Crippen LogP contribution in [0.15, 0.2) is 95.1 Å². The Balaban J connectivity index is 1.55. The van der Waals surface area contributed by atoms with E-state index in [1.54, 1.807) is 19.2 Å². The summed E-state index contributed by atoms with van der Waals surface area (Å²) in [5.41, 5.74) is 4.53. The molecule has 1 amide bonds. The number of nitrogens with zero attached hydrogens (tertiary/aromatic N) is 1. The van der Waals surface area contributed by atoms with Crippen molar-refractivity contribution in [2.45, 2.75) is 38.7 Å². The highest BCUT2D eigenvalue weighted by atomic mass is 16.5. The molecule has 6 heteroatoms. The van der Waals surface area contributed by atoms with Gasteiger partial charge in [0.1, 0.15) is 18.1 Å². The molecule has 0 radical (unpaired) electrons. The molecule has 0 saturated heterocycles. The van der Waals surface area contributed by atoms with Gasteiger partial charge in [-0.25, -0.2) is 0 Å². The van der Waals surface area contributed by atoms with Crippen LogP contribution < -0.4 is 14.8 Å². The minimum Gasteiger partial charge on any atom is -0.495 e. The molecule has 1 unspecified atom stereocenters. The van der Waals surface area contributed by atoms with E-state index < -0.39 is 11.8 Å². The van der Waals surface area contributed by atoms with Crippen LogP contribution in [0.1, 0.15) is 43.2 Å². The number of para-hydroxylation sites is 3. The third-order valence-electron chi connectivity index (χ3n) is 6.97. The third kappa shape index (κ3) is 5.05. The fourth-order valence-corrected chi connectivity index (χ4v) is 5.24. The van der Waals surface area contributed by atoms with E-state index >= 15 is 0 Å². The van der Waals surface area contributed by atoms with Gasteiger partial charge in [-0.05, 0) is 43.5 Å². The summed E-state index contributed by atoms with van der Waals surface area (Å²) < 4.78 is 11.7. The fraction of sp³-hybridized carbons (Fsp3) is 0.258. The second kappa shape index (κ2) is 10.8. The van der Waals surface area contributed by atoms with Gasteiger partial charge >= 0.3 is 0 Å². The Hall–Kier alpha value is -4.19. The lowest BCUT2D eigenvalue weighted by molar-refractivity contribution is -0.119. The number of carbonyl (C=O) groups excluding carboxylic acids is 2. The molecule has 0 spiro atoms. The SMILES string of the molecule is COc1ccccc1NC(=O)C1C(C)=NC2=C(C(=O)CCC2)[C@@H]1c1ccccc1OCc1ccccc1. The molecule has 1 heterocycles. The fourth-order valence-electron chi connectivity index (χ4n) is 5.24. The first-order valence-corrected chi connectivity index (χ1v) is 12.6. The van der Waals surface area contributed by atoms with Crippen molar-refractivity contribution < 1.29 is 19.1 Å². The number of hydrogen-bond donors (Lipinski definition) is 1. The Morgan fingerprint density at radius 3 is 2.43 bits per heavy atom. The molecule has 5 rings (SSSR count). The van der Waals surface area contributed by atoms with Crippen LogP contribution in [0.25, 0.3) is 0 Å². The predicted molar refractivity (Wildman–Crippen MR) is 144 cm³/mol. The molecular formula is C31H30N2O4. The summed E-state index contributed by atoms with van der Waals surface area (Å²) >= 11 is 0. The number of carbonyl (C=O) groups is 2. The van der Waals surface area contributed by atoms with Gasteiger partial charge in [-0.2, -0.15) is 0 Å². The molecule has 188 valence electrons. The van der Waals surface area contributed by atoms with Crippen molar-refractivity contribution in [1.82, 2.24) is 0 Å². The molecule has 1 aliphatic heterocycles. The van der Waals surface area contributed by atoms with Crippen molar-refractivity contribution >= 4 is 23.1 Å². The van der Waals surface area contributed by atoms with E-state index in [1.165, 1.54) is 0 Å². The molecule has 0 aromatic heterocycles. The maximum absolute atomic E-state index is 13.9. The van der Waals surface area contributed by atoms with Gasteiger partial charge in [0.25, 0.3) is 0 Å². The number of hydrogen-bond acceptors (Lipinski definition) is 5. The van der Waals surface area contributed by atoms with E-state index in [0.29, 0.717) is 41.5 Å². The van der Waals surface area contributed by atoms with Crippen LogP contribution in [0, 0.1) is 5.92 Å². The Labute approximate surface area is 217 Å². The van der Waals surface area contributed by atoms with Gasteiger partial charge in [-0.1, -0.05) is 60.7 Å². The third-order valence-corrected chi connectivity index (χ3v) is 6.97. The monoisotopic (exact) mass is 494 g/mol. The highest BCUT2D eigenvalue weighted by molar-refractivity contribution is 6.13. The van der Waals surface area contributed by atoms with E-state index in [-0.39, 0.29) is 11.7 Å². The van der Waals surface area contributed by atoms with E-state index in [0.717, 1.165) is 29.7 Å². The average Bonchev–Trinajstić information content (AvgIpc) is 2.92. The molecule has 6 nitrogen and oxygen atoms in total. The van der Waals surface area contributed by atoms with Crippen molar-refractivity contribution in [2.24, 2.45) is 10.9 Å². The topological polar surface area (TPSA) is 77.0 Å². The van der Waals surface area contributed by atoms with Crippen LogP contribution in [-0.2, 0) is 16.2 Å². The predicted octanol–water partition coefficient (Wildman–Crippen LogP) is 6.09. The van der Waals surface area contributed by atoms with Crippen molar-refractivity contribution in [3.63, 3.8) is 0 Å². The number of aliphatic imine (C=N–C) groups is 1. The van der Waals surface area contributed by atoms with Gasteiger partial charge in [0.05, 0.1) is 18.7 Å². The number of ether oxygens (including phenoxy) is 2. The van der Waals surface area contributed by atoms with Crippen LogP contribution in [0.4, 0.5) is 5.69 Å². The Kier molecular flexibility index (Phi) is 7.17. The summed E-state index contributed by atoms with van der Waals surface area (Å²) in [7, 11) is 1.57. The lowest BCUT2D eigenvalue weighted by Crippen LogP contribution is -2.39. The minimum atomic E-state index is -0.674. The molecule has 0 saturated carbocycles. The minimum absolute atomic E-state index is 0.0513. The molecule has 1 N–H and O–H groups in total. The van der Waals surface area contributed by atoms with Crippen molar-refractivity contribution in [1.29, 1.82) is 0 Å². The maximum atomic E-state index is 13.9. The van der Waals surface area contributed by atoms with Gasteiger partial charge in [-0.15, -0.1) is 0 Å². The summed E-state index contributed by atoms with van der Waals surface area (Å²) in [6.45, 7) is 2.26. The molecular weight excluding hydrogens is 464 g/mol. The summed E-state index contributed by atoms with van der Waals surface area (Å²) in [6, 6.07) is 24.9. The highest BCUT2D eigenvalue weighted by Crippen LogP contribution is 2.46. The van der Waals surface area contributed by atoms with Gasteiger partial charge in [0.2, 0.25) is 5.91 Å². The first-order valence-electron chi connectivity index (χ1n) is 12.6. The number of ketones is 1. The second-order valence-corrected chi connectivity index (χ2v) is 9.35. The zero-order chi connectivity index (χ0) is 25.8. The first-order chi connectivity index (χ1) is 18.1. The zero-order valence-electron chi connectivity index (χ0n) is 21.1. The van der Waals surface area contributed by atoms with Crippen LogP contribution in [0.5, 0.6) is 11.5 Å². The van der Waals surface area contributed by atoms with Gasteiger partial charge in [0, 0.05) is 34.9 Å². The average molecular weight is 495 g/mol. The van der Waals surface area contributed by atoms with Crippen molar-refractivity contribution in [2.75, 3.05) is 12.4 Å². The van der Waals surface area contributed by atoms with Crippen LogP contribution in [-0.4, -0.2) is 24.5 Å². The number of rotatable bonds is 7. The summed E-state index contributed by atoms with van der Waals surface area (Å²) in [4.78, 5) is 32.0. The Morgan fingerprint density at radius 2 is 1.65 bits per heavy atom. The van der Waals surface area contributed by atoms with Crippen molar-refractivity contribution in [3.8, 4) is 11.5 Å². The van der Waals surface area contributed by atoms with Crippen LogP contribution in [0.2, 0.25) is 0 Å². The number of anilines is 1. The maximum Gasteiger partial charge on any atom is 0.234 e.